The molecule has 0 aromatic carbocycles. The van der Waals surface area contributed by atoms with Crippen LogP contribution in [0.25, 0.3) is 0 Å². The van der Waals surface area contributed by atoms with Gasteiger partial charge in [0.2, 0.25) is 5.91 Å². The average Bonchev–Trinajstić information content (AvgIpc) is 2.41. The van der Waals surface area contributed by atoms with Gasteiger partial charge in [0.15, 0.2) is 0 Å². The number of carbonyl (C=O) groups excluding carboxylic acids is 1. The maximum Gasteiger partial charge on any atom is 0.217 e. The lowest BCUT2D eigenvalue weighted by Crippen LogP contribution is -2.20. The number of primary amides is 1. The zero-order valence-corrected chi connectivity index (χ0v) is 13.7. The lowest BCUT2D eigenvalue weighted by molar-refractivity contribution is -0.118. The van der Waals surface area contributed by atoms with E-state index < -0.39 is 0 Å². The summed E-state index contributed by atoms with van der Waals surface area (Å²) in [5.74, 6) is 0.964. The molecule has 21 heavy (non-hydrogen) atoms. The highest BCUT2D eigenvalue weighted by atomic mass is 16.5. The van der Waals surface area contributed by atoms with E-state index in [9.17, 15) is 4.79 Å². The lowest BCUT2D eigenvalue weighted by Gasteiger charge is -2.27. The molecule has 2 N–H and O–H groups in total. The largest absolute Gasteiger partial charge is 0.491 e. The van der Waals surface area contributed by atoms with Crippen LogP contribution in [-0.4, -0.2) is 12.0 Å². The van der Waals surface area contributed by atoms with Crippen LogP contribution >= 0.6 is 0 Å². The first-order valence-corrected chi connectivity index (χ1v) is 8.88. The quantitative estimate of drug-likeness (QED) is 0.466. The Morgan fingerprint density at radius 2 is 1.67 bits per heavy atom. The highest BCUT2D eigenvalue weighted by Crippen LogP contribution is 2.26. The van der Waals surface area contributed by atoms with Crippen LogP contribution in [0.15, 0.2) is 11.8 Å². The SMILES string of the molecule is CCCCCCCCCC1C=C(CCCCCC(N)=O)O1. The summed E-state index contributed by atoms with van der Waals surface area (Å²) in [4.78, 5) is 10.6. The second-order valence-electron chi connectivity index (χ2n) is 6.23. The van der Waals surface area contributed by atoms with E-state index in [1.807, 2.05) is 0 Å². The Morgan fingerprint density at radius 1 is 1.05 bits per heavy atom. The summed E-state index contributed by atoms with van der Waals surface area (Å²) in [5.41, 5.74) is 5.11. The number of hydrogen-bond acceptors (Lipinski definition) is 2. The Balaban J connectivity index is 1.85. The predicted molar refractivity (Wildman–Crippen MR) is 87.8 cm³/mol. The van der Waals surface area contributed by atoms with E-state index in [0.29, 0.717) is 12.5 Å². The van der Waals surface area contributed by atoms with Gasteiger partial charge in [0.25, 0.3) is 0 Å². The fourth-order valence-corrected chi connectivity index (χ4v) is 2.77. The third-order valence-electron chi connectivity index (χ3n) is 4.11. The third kappa shape index (κ3) is 9.54. The van der Waals surface area contributed by atoms with Crippen molar-refractivity contribution in [3.63, 3.8) is 0 Å². The smallest absolute Gasteiger partial charge is 0.217 e. The first-order chi connectivity index (χ1) is 10.2. The molecule has 0 spiro atoms. The number of ether oxygens (including phenoxy) is 1. The Bertz CT molecular complexity index is 312. The molecular weight excluding hydrogens is 262 g/mol. The lowest BCUT2D eigenvalue weighted by atomic mass is 10.0. The van der Waals surface area contributed by atoms with Gasteiger partial charge in [-0.05, 0) is 31.8 Å². The van der Waals surface area contributed by atoms with Gasteiger partial charge in [0.1, 0.15) is 6.10 Å². The van der Waals surface area contributed by atoms with Crippen LogP contribution in [0.5, 0.6) is 0 Å². The molecule has 0 saturated heterocycles. The van der Waals surface area contributed by atoms with Gasteiger partial charge in [-0.3, -0.25) is 4.79 Å². The van der Waals surface area contributed by atoms with Crippen molar-refractivity contribution in [1.82, 2.24) is 0 Å². The molecule has 0 saturated carbocycles. The van der Waals surface area contributed by atoms with Gasteiger partial charge >= 0.3 is 0 Å². The Morgan fingerprint density at radius 3 is 2.33 bits per heavy atom. The van der Waals surface area contributed by atoms with Crippen LogP contribution in [0.4, 0.5) is 0 Å². The number of carbonyl (C=O) groups is 1. The van der Waals surface area contributed by atoms with Gasteiger partial charge in [-0.25, -0.2) is 0 Å². The van der Waals surface area contributed by atoms with Crippen LogP contribution in [0.2, 0.25) is 0 Å². The minimum atomic E-state index is -0.191. The van der Waals surface area contributed by atoms with Crippen molar-refractivity contribution in [2.45, 2.75) is 96.5 Å². The fourth-order valence-electron chi connectivity index (χ4n) is 2.77. The van der Waals surface area contributed by atoms with Gasteiger partial charge in [-0.1, -0.05) is 51.9 Å². The molecule has 3 nitrogen and oxygen atoms in total. The molecule has 0 aromatic rings. The summed E-state index contributed by atoms with van der Waals surface area (Å²) in [6.07, 6.45) is 18.0. The van der Waals surface area contributed by atoms with Crippen molar-refractivity contribution in [3.05, 3.63) is 11.8 Å². The highest BCUT2D eigenvalue weighted by molar-refractivity contribution is 5.73. The van der Waals surface area contributed by atoms with E-state index >= 15 is 0 Å². The third-order valence-corrected chi connectivity index (χ3v) is 4.11. The number of amides is 1. The summed E-state index contributed by atoms with van der Waals surface area (Å²) < 4.78 is 5.78. The van der Waals surface area contributed by atoms with Crippen LogP contribution in [-0.2, 0) is 9.53 Å². The summed E-state index contributed by atoms with van der Waals surface area (Å²) >= 11 is 0. The predicted octanol–water partition coefficient (Wildman–Crippen LogP) is 4.85. The van der Waals surface area contributed by atoms with Crippen LogP contribution in [0.3, 0.4) is 0 Å². The molecule has 0 fully saturated rings. The second-order valence-corrected chi connectivity index (χ2v) is 6.23. The van der Waals surface area contributed by atoms with Crippen LogP contribution in [0, 0.1) is 0 Å². The average molecular weight is 295 g/mol. The van der Waals surface area contributed by atoms with E-state index in [0.717, 1.165) is 31.4 Å². The number of unbranched alkanes of at least 4 members (excludes halogenated alkanes) is 8. The molecule has 1 atom stereocenters. The maximum atomic E-state index is 10.6. The molecule has 1 heterocycles. The number of hydrogen-bond donors (Lipinski definition) is 1. The minimum Gasteiger partial charge on any atom is -0.491 e. The van der Waals surface area contributed by atoms with Crippen molar-refractivity contribution in [1.29, 1.82) is 0 Å². The minimum absolute atomic E-state index is 0.191. The fraction of sp³-hybridized carbons (Fsp3) is 0.833. The molecule has 1 rings (SSSR count). The Kier molecular flexibility index (Phi) is 10.0. The zero-order valence-electron chi connectivity index (χ0n) is 13.7. The highest BCUT2D eigenvalue weighted by Gasteiger charge is 2.19. The summed E-state index contributed by atoms with van der Waals surface area (Å²) in [5, 5.41) is 0. The van der Waals surface area contributed by atoms with E-state index in [4.69, 9.17) is 10.5 Å². The first-order valence-electron chi connectivity index (χ1n) is 8.88. The van der Waals surface area contributed by atoms with Gasteiger partial charge in [0.05, 0.1) is 5.76 Å². The van der Waals surface area contributed by atoms with E-state index in [2.05, 4.69) is 13.0 Å². The van der Waals surface area contributed by atoms with Gasteiger partial charge in [-0.15, -0.1) is 0 Å². The van der Waals surface area contributed by atoms with E-state index in [-0.39, 0.29) is 5.91 Å². The van der Waals surface area contributed by atoms with Crippen molar-refractivity contribution in [2.24, 2.45) is 5.73 Å². The van der Waals surface area contributed by atoms with Crippen molar-refractivity contribution in [3.8, 4) is 0 Å². The van der Waals surface area contributed by atoms with Crippen molar-refractivity contribution >= 4 is 5.91 Å². The van der Waals surface area contributed by atoms with E-state index in [1.54, 1.807) is 0 Å². The molecular formula is C18H33NO2. The number of nitrogens with two attached hydrogens (primary N) is 1. The molecule has 0 bridgehead atoms. The van der Waals surface area contributed by atoms with Crippen LogP contribution in [0.1, 0.15) is 90.4 Å². The molecule has 1 aliphatic rings. The van der Waals surface area contributed by atoms with E-state index in [1.165, 1.54) is 51.4 Å². The summed E-state index contributed by atoms with van der Waals surface area (Å²) in [6.45, 7) is 2.26. The summed E-state index contributed by atoms with van der Waals surface area (Å²) in [7, 11) is 0. The van der Waals surface area contributed by atoms with Crippen molar-refractivity contribution in [2.75, 3.05) is 0 Å². The molecule has 1 amide bonds. The van der Waals surface area contributed by atoms with Gasteiger partial charge in [0, 0.05) is 12.8 Å². The maximum absolute atomic E-state index is 10.6. The van der Waals surface area contributed by atoms with Gasteiger partial charge in [-0.2, -0.15) is 0 Å². The second kappa shape index (κ2) is 11.6. The molecule has 3 heteroatoms. The molecule has 0 aromatic heterocycles. The summed E-state index contributed by atoms with van der Waals surface area (Å²) in [6, 6.07) is 0. The molecule has 1 aliphatic heterocycles. The zero-order chi connectivity index (χ0) is 15.3. The molecule has 0 aliphatic carbocycles. The van der Waals surface area contributed by atoms with Crippen LogP contribution < -0.4 is 5.73 Å². The van der Waals surface area contributed by atoms with Gasteiger partial charge < -0.3 is 10.5 Å². The Hall–Kier alpha value is -0.990. The van der Waals surface area contributed by atoms with Crippen molar-refractivity contribution < 1.29 is 9.53 Å². The standard InChI is InChI=1S/C18H33NO2/c1-2-3-4-5-6-7-9-12-16-15-17(21-16)13-10-8-11-14-18(19)20/h15-16H,2-14H2,1H3,(H2,19,20). The molecule has 0 radical (unpaired) electrons. The number of rotatable bonds is 14. The first kappa shape index (κ1) is 18.1. The Labute approximate surface area is 130 Å². The number of allylic oxidation sites excluding steroid dienone is 1. The topological polar surface area (TPSA) is 52.3 Å². The monoisotopic (exact) mass is 295 g/mol. The normalized spacial score (nSPS) is 17.0. The molecule has 122 valence electrons. The molecule has 1 unspecified atom stereocenters.